The highest BCUT2D eigenvalue weighted by Crippen LogP contribution is 2.73. The number of hydrogen-bond acceptors (Lipinski definition) is 1. The third-order valence-electron chi connectivity index (χ3n) is 4.97. The van der Waals surface area contributed by atoms with Gasteiger partial charge in [0.25, 0.3) is 0 Å². The van der Waals surface area contributed by atoms with Gasteiger partial charge < -0.3 is 0 Å². The highest BCUT2D eigenvalue weighted by molar-refractivity contribution is 5.42. The minimum Gasteiger partial charge on any atom is -0.285 e. The third kappa shape index (κ3) is 0.743. The molecule has 0 spiro atoms. The van der Waals surface area contributed by atoms with E-state index in [9.17, 15) is 0 Å². The summed E-state index contributed by atoms with van der Waals surface area (Å²) in [5.41, 5.74) is 0.728. The van der Waals surface area contributed by atoms with Crippen LogP contribution in [0.5, 0.6) is 0 Å². The van der Waals surface area contributed by atoms with E-state index in [0.29, 0.717) is 0 Å². The first-order valence-corrected chi connectivity index (χ1v) is 5.88. The Hall–Kier alpha value is -0.0400. The number of rotatable bonds is 2. The summed E-state index contributed by atoms with van der Waals surface area (Å²) in [6, 6.07) is 2.00. The van der Waals surface area contributed by atoms with Gasteiger partial charge in [0.2, 0.25) is 0 Å². The van der Waals surface area contributed by atoms with Gasteiger partial charge in [0, 0.05) is 12.1 Å². The number of fused-ring (bicyclic) bond motifs is 2. The molecule has 3 aliphatic heterocycles. The van der Waals surface area contributed by atoms with Crippen molar-refractivity contribution in [1.82, 2.24) is 4.90 Å². The minimum absolute atomic E-state index is 0.728. The quantitative estimate of drug-likeness (QED) is 0.589. The Balaban J connectivity index is 1.71. The molecule has 0 aromatic heterocycles. The molecule has 3 saturated heterocycles. The van der Waals surface area contributed by atoms with E-state index in [1.54, 1.807) is 0 Å². The van der Waals surface area contributed by atoms with Crippen molar-refractivity contribution in [3.05, 3.63) is 0 Å². The van der Waals surface area contributed by atoms with Crippen LogP contribution >= 0.6 is 0 Å². The maximum absolute atomic E-state index is 2.77. The Morgan fingerprint density at radius 2 is 1.62 bits per heavy atom. The molecule has 0 N–H and O–H groups in total. The van der Waals surface area contributed by atoms with Crippen LogP contribution in [0.25, 0.3) is 0 Å². The summed E-state index contributed by atoms with van der Waals surface area (Å²) in [5, 5.41) is 0. The lowest BCUT2D eigenvalue weighted by Crippen LogP contribution is -2.39. The monoisotopic (exact) mass is 179 g/mol. The summed E-state index contributed by atoms with van der Waals surface area (Å²) < 4.78 is 0. The third-order valence-corrected chi connectivity index (χ3v) is 4.97. The van der Waals surface area contributed by atoms with Crippen molar-refractivity contribution in [3.8, 4) is 0 Å². The van der Waals surface area contributed by atoms with Crippen molar-refractivity contribution < 1.29 is 0 Å². The van der Waals surface area contributed by atoms with Gasteiger partial charge in [-0.05, 0) is 30.6 Å². The van der Waals surface area contributed by atoms with Crippen molar-refractivity contribution in [3.63, 3.8) is 0 Å². The lowest BCUT2D eigenvalue weighted by atomic mass is 9.72. The van der Waals surface area contributed by atoms with Gasteiger partial charge in [0.1, 0.15) is 0 Å². The van der Waals surface area contributed by atoms with E-state index >= 15 is 0 Å². The summed E-state index contributed by atoms with van der Waals surface area (Å²) >= 11 is 0. The average molecular weight is 179 g/mol. The average Bonchev–Trinajstić information content (AvgIpc) is 2.91. The predicted molar refractivity (Wildman–Crippen MR) is 54.5 cm³/mol. The molecule has 4 rings (SSSR count). The van der Waals surface area contributed by atoms with Gasteiger partial charge in [-0.25, -0.2) is 0 Å². The molecule has 2 unspecified atom stereocenters. The Labute approximate surface area is 81.5 Å². The maximum Gasteiger partial charge on any atom is 0.0550 e. The first kappa shape index (κ1) is 8.28. The highest BCUT2D eigenvalue weighted by Gasteiger charge is 2.86. The molecule has 1 nitrogen and oxygen atoms in total. The summed E-state index contributed by atoms with van der Waals surface area (Å²) in [5.74, 6) is 2.84. The van der Waals surface area contributed by atoms with Crippen LogP contribution in [0.3, 0.4) is 0 Å². The minimum atomic E-state index is 0.728. The molecule has 3 heterocycles. The van der Waals surface area contributed by atoms with Crippen molar-refractivity contribution >= 4 is 0 Å². The number of hydrogen-bond donors (Lipinski definition) is 0. The van der Waals surface area contributed by atoms with Crippen LogP contribution in [-0.2, 0) is 0 Å². The normalized spacial score (nSPS) is 56.8. The predicted octanol–water partition coefficient (Wildman–Crippen LogP) is 2.51. The Bertz CT molecular complexity index is 230. The van der Waals surface area contributed by atoms with Gasteiger partial charge in [-0.1, -0.05) is 27.7 Å². The van der Waals surface area contributed by atoms with Crippen LogP contribution < -0.4 is 0 Å². The number of nitrogens with zero attached hydrogens (tertiary/aromatic N) is 1. The molecule has 1 aliphatic carbocycles. The fourth-order valence-corrected chi connectivity index (χ4v) is 4.05. The topological polar surface area (TPSA) is 3.01 Å². The van der Waals surface area contributed by atoms with Gasteiger partial charge in [0.05, 0.1) is 5.54 Å². The van der Waals surface area contributed by atoms with E-state index in [4.69, 9.17) is 0 Å². The van der Waals surface area contributed by atoms with E-state index in [1.807, 2.05) is 0 Å². The zero-order valence-corrected chi connectivity index (χ0v) is 9.25. The highest BCUT2D eigenvalue weighted by atomic mass is 15.6. The van der Waals surface area contributed by atoms with Crippen molar-refractivity contribution in [2.75, 3.05) is 0 Å². The molecule has 1 saturated carbocycles. The number of piperidine rings is 1. The van der Waals surface area contributed by atoms with E-state index in [1.165, 1.54) is 12.8 Å². The Kier molecular flexibility index (Phi) is 1.36. The van der Waals surface area contributed by atoms with E-state index in [0.717, 1.165) is 35.4 Å². The fourth-order valence-electron chi connectivity index (χ4n) is 4.05. The maximum atomic E-state index is 2.77. The molecule has 4 fully saturated rings. The van der Waals surface area contributed by atoms with Gasteiger partial charge in [-0.3, -0.25) is 4.90 Å². The fraction of sp³-hybridized carbons (Fsp3) is 1.00. The molecular formula is C12H21N. The van der Waals surface area contributed by atoms with Gasteiger partial charge in [-0.2, -0.15) is 0 Å². The van der Waals surface area contributed by atoms with Crippen LogP contribution in [0, 0.1) is 17.8 Å². The van der Waals surface area contributed by atoms with Crippen molar-refractivity contribution in [2.24, 2.45) is 17.8 Å². The summed E-state index contributed by atoms with van der Waals surface area (Å²) in [4.78, 5) is 2.77. The molecule has 0 amide bonds. The molecule has 2 bridgehead atoms. The smallest absolute Gasteiger partial charge is 0.0550 e. The van der Waals surface area contributed by atoms with Gasteiger partial charge in [-0.15, -0.1) is 0 Å². The lowest BCUT2D eigenvalue weighted by molar-refractivity contribution is 0.207. The molecule has 1 heteroatoms. The van der Waals surface area contributed by atoms with Gasteiger partial charge in [0.15, 0.2) is 0 Å². The van der Waals surface area contributed by atoms with Crippen LogP contribution in [0.4, 0.5) is 0 Å². The van der Waals surface area contributed by atoms with Crippen molar-refractivity contribution in [2.45, 2.75) is 58.2 Å². The zero-order chi connectivity index (χ0) is 9.38. The summed E-state index contributed by atoms with van der Waals surface area (Å²) in [7, 11) is 0. The zero-order valence-electron chi connectivity index (χ0n) is 9.25. The van der Waals surface area contributed by atoms with Crippen LogP contribution in [0.1, 0.15) is 40.5 Å². The van der Waals surface area contributed by atoms with E-state index < -0.39 is 0 Å². The van der Waals surface area contributed by atoms with Crippen LogP contribution in [0.2, 0.25) is 0 Å². The summed E-state index contributed by atoms with van der Waals surface area (Å²) in [6.07, 6.45) is 2.98. The lowest BCUT2D eigenvalue weighted by Gasteiger charge is -2.33. The molecule has 0 aromatic rings. The standard InChI is InChI=1S/C12H21N/c1-7(2)9-5-10-12(8(3)4)11(6-9)13(10)12/h7-11H,5-6H2,1-4H3. The molecular weight excluding hydrogens is 158 g/mol. The molecule has 4 aliphatic rings. The van der Waals surface area contributed by atoms with Crippen LogP contribution in [-0.4, -0.2) is 22.5 Å². The van der Waals surface area contributed by atoms with Crippen LogP contribution in [0.15, 0.2) is 0 Å². The van der Waals surface area contributed by atoms with E-state index in [2.05, 4.69) is 32.6 Å². The molecule has 0 radical (unpaired) electrons. The second-order valence-electron chi connectivity index (χ2n) is 5.96. The summed E-state index contributed by atoms with van der Waals surface area (Å²) in [6.45, 7) is 9.59. The molecule has 13 heavy (non-hydrogen) atoms. The Morgan fingerprint density at radius 3 is 1.92 bits per heavy atom. The first-order valence-electron chi connectivity index (χ1n) is 5.88. The molecule has 0 aromatic carbocycles. The largest absolute Gasteiger partial charge is 0.285 e. The van der Waals surface area contributed by atoms with Crippen molar-refractivity contribution in [1.29, 1.82) is 0 Å². The first-order chi connectivity index (χ1) is 6.10. The van der Waals surface area contributed by atoms with Gasteiger partial charge >= 0.3 is 0 Å². The SMILES string of the molecule is CC(C)C1CC2N3C(C1)C23C(C)C. The Morgan fingerprint density at radius 1 is 1.08 bits per heavy atom. The molecule has 74 valence electrons. The second-order valence-corrected chi connectivity index (χ2v) is 5.96. The van der Waals surface area contributed by atoms with E-state index in [-0.39, 0.29) is 0 Å². The second kappa shape index (κ2) is 2.13. The molecule has 2 atom stereocenters.